The summed E-state index contributed by atoms with van der Waals surface area (Å²) in [5.74, 6) is 1.28. The van der Waals surface area contributed by atoms with Crippen LogP contribution in [-0.4, -0.2) is 30.3 Å². The fourth-order valence-electron chi connectivity index (χ4n) is 2.86. The summed E-state index contributed by atoms with van der Waals surface area (Å²) in [6, 6.07) is 18.4. The minimum atomic E-state index is -0.176. The number of pyridine rings is 1. The van der Waals surface area contributed by atoms with Gasteiger partial charge in [0.05, 0.1) is 12.7 Å². The van der Waals surface area contributed by atoms with E-state index < -0.39 is 0 Å². The molecule has 0 spiro atoms. The second-order valence-corrected chi connectivity index (χ2v) is 6.51. The maximum absolute atomic E-state index is 12.3. The van der Waals surface area contributed by atoms with E-state index in [4.69, 9.17) is 4.74 Å². The topological polar surface area (TPSA) is 80.3 Å². The number of ether oxygens (including phenoxy) is 1. The first-order valence-electron chi connectivity index (χ1n) is 9.31. The van der Waals surface area contributed by atoms with Crippen LogP contribution in [0.4, 0.5) is 11.5 Å². The Morgan fingerprint density at radius 2 is 1.69 bits per heavy atom. The molecule has 0 aliphatic carbocycles. The summed E-state index contributed by atoms with van der Waals surface area (Å²) < 4.78 is 5.32. The van der Waals surface area contributed by atoms with Crippen LogP contribution in [0.15, 0.2) is 66.9 Å². The van der Waals surface area contributed by atoms with Gasteiger partial charge in [-0.2, -0.15) is 0 Å². The van der Waals surface area contributed by atoms with Crippen molar-refractivity contribution in [1.29, 1.82) is 0 Å². The van der Waals surface area contributed by atoms with Crippen molar-refractivity contribution in [3.8, 4) is 5.75 Å². The molecule has 2 aromatic carbocycles. The summed E-state index contributed by atoms with van der Waals surface area (Å²) >= 11 is 0. The highest BCUT2D eigenvalue weighted by atomic mass is 16.5. The zero-order valence-corrected chi connectivity index (χ0v) is 16.4. The zero-order chi connectivity index (χ0) is 20.6. The maximum atomic E-state index is 12.3. The van der Waals surface area contributed by atoms with Gasteiger partial charge in [-0.1, -0.05) is 18.2 Å². The average molecular weight is 389 g/mol. The number of carbonyl (C=O) groups excluding carboxylic acids is 2. The van der Waals surface area contributed by atoms with Crippen LogP contribution in [0, 0.1) is 0 Å². The molecule has 148 valence electrons. The molecule has 1 heterocycles. The summed E-state index contributed by atoms with van der Waals surface area (Å²) in [5, 5.41) is 6.04. The van der Waals surface area contributed by atoms with Crippen molar-refractivity contribution in [1.82, 2.24) is 10.3 Å². The van der Waals surface area contributed by atoms with Crippen LogP contribution < -0.4 is 15.4 Å². The molecule has 0 fully saturated rings. The number of ketones is 1. The zero-order valence-electron chi connectivity index (χ0n) is 16.4. The van der Waals surface area contributed by atoms with Crippen molar-refractivity contribution in [2.24, 2.45) is 0 Å². The van der Waals surface area contributed by atoms with Gasteiger partial charge in [0.25, 0.3) is 5.91 Å². The number of nitrogens with one attached hydrogen (secondary N) is 2. The van der Waals surface area contributed by atoms with Gasteiger partial charge in [-0.3, -0.25) is 9.59 Å². The van der Waals surface area contributed by atoms with E-state index in [-0.39, 0.29) is 11.7 Å². The molecule has 6 nitrogen and oxygen atoms in total. The number of carbonyl (C=O) groups is 2. The third-order valence-corrected chi connectivity index (χ3v) is 4.46. The molecule has 0 saturated heterocycles. The molecular formula is C23H23N3O3. The fraction of sp³-hybridized carbons (Fsp3) is 0.174. The molecule has 1 aromatic heterocycles. The number of rotatable bonds is 8. The quantitative estimate of drug-likeness (QED) is 0.569. The minimum absolute atomic E-state index is 0.0238. The van der Waals surface area contributed by atoms with Crippen LogP contribution in [0.5, 0.6) is 5.75 Å². The summed E-state index contributed by atoms with van der Waals surface area (Å²) in [7, 11) is 1.64. The minimum Gasteiger partial charge on any atom is -0.496 e. The Labute approximate surface area is 169 Å². The van der Waals surface area contributed by atoms with Crippen LogP contribution in [0.3, 0.4) is 0 Å². The first kappa shape index (κ1) is 20.1. The van der Waals surface area contributed by atoms with Crippen molar-refractivity contribution in [3.05, 3.63) is 83.6 Å². The SMILES string of the molecule is COc1ccccc1CCNC(=O)c1ccc(Nc2ccc(C(C)=O)cc2)nc1. The number of nitrogens with zero attached hydrogens (tertiary/aromatic N) is 1. The highest BCUT2D eigenvalue weighted by molar-refractivity contribution is 5.95. The molecule has 29 heavy (non-hydrogen) atoms. The molecule has 1 amide bonds. The van der Waals surface area contributed by atoms with E-state index >= 15 is 0 Å². The number of para-hydroxylation sites is 1. The van der Waals surface area contributed by atoms with Crippen LogP contribution in [0.25, 0.3) is 0 Å². The summed E-state index contributed by atoms with van der Waals surface area (Å²) in [4.78, 5) is 27.9. The number of Topliss-reactive ketones (excluding diaryl/α,β-unsaturated/α-hetero) is 1. The van der Waals surface area contributed by atoms with Gasteiger partial charge in [0.2, 0.25) is 0 Å². The molecule has 0 atom stereocenters. The van der Waals surface area contributed by atoms with Gasteiger partial charge in [0.1, 0.15) is 11.6 Å². The van der Waals surface area contributed by atoms with Crippen LogP contribution >= 0.6 is 0 Å². The van der Waals surface area contributed by atoms with E-state index in [1.165, 1.54) is 13.1 Å². The third kappa shape index (κ3) is 5.42. The third-order valence-electron chi connectivity index (χ3n) is 4.46. The Balaban J connectivity index is 1.53. The van der Waals surface area contributed by atoms with E-state index in [1.54, 1.807) is 31.4 Å². The first-order valence-corrected chi connectivity index (χ1v) is 9.31. The Kier molecular flexibility index (Phi) is 6.58. The summed E-state index contributed by atoms with van der Waals surface area (Å²) in [6.07, 6.45) is 2.21. The van der Waals surface area contributed by atoms with E-state index in [1.807, 2.05) is 36.4 Å². The Bertz CT molecular complexity index is 983. The largest absolute Gasteiger partial charge is 0.496 e. The van der Waals surface area contributed by atoms with Gasteiger partial charge < -0.3 is 15.4 Å². The second-order valence-electron chi connectivity index (χ2n) is 6.51. The van der Waals surface area contributed by atoms with Crippen molar-refractivity contribution in [3.63, 3.8) is 0 Å². The van der Waals surface area contributed by atoms with Crippen molar-refractivity contribution in [2.75, 3.05) is 19.0 Å². The van der Waals surface area contributed by atoms with Crippen LogP contribution in [0.2, 0.25) is 0 Å². The lowest BCUT2D eigenvalue weighted by molar-refractivity contribution is 0.0952. The lowest BCUT2D eigenvalue weighted by atomic mass is 10.1. The molecule has 0 aliphatic rings. The van der Waals surface area contributed by atoms with Gasteiger partial charge >= 0.3 is 0 Å². The molecule has 0 radical (unpaired) electrons. The van der Waals surface area contributed by atoms with Gasteiger partial charge in [-0.05, 0) is 61.4 Å². The second kappa shape index (κ2) is 9.50. The number of hydrogen-bond donors (Lipinski definition) is 2. The molecule has 6 heteroatoms. The first-order chi connectivity index (χ1) is 14.1. The van der Waals surface area contributed by atoms with E-state index in [2.05, 4.69) is 15.6 Å². The van der Waals surface area contributed by atoms with Crippen molar-refractivity contribution in [2.45, 2.75) is 13.3 Å². The number of amides is 1. The van der Waals surface area contributed by atoms with Crippen molar-refractivity contribution < 1.29 is 14.3 Å². The number of hydrogen-bond acceptors (Lipinski definition) is 5. The normalized spacial score (nSPS) is 10.3. The molecule has 0 aliphatic heterocycles. The van der Waals surface area contributed by atoms with E-state index in [0.717, 1.165) is 17.0 Å². The lowest BCUT2D eigenvalue weighted by Crippen LogP contribution is -2.25. The smallest absolute Gasteiger partial charge is 0.252 e. The van der Waals surface area contributed by atoms with Gasteiger partial charge in [-0.25, -0.2) is 4.98 Å². The fourth-order valence-corrected chi connectivity index (χ4v) is 2.86. The van der Waals surface area contributed by atoms with E-state index in [0.29, 0.717) is 29.9 Å². The van der Waals surface area contributed by atoms with Gasteiger partial charge in [-0.15, -0.1) is 0 Å². The number of benzene rings is 2. The predicted molar refractivity (Wildman–Crippen MR) is 113 cm³/mol. The van der Waals surface area contributed by atoms with Crippen LogP contribution in [0.1, 0.15) is 33.2 Å². The van der Waals surface area contributed by atoms with Crippen molar-refractivity contribution >= 4 is 23.2 Å². The Hall–Kier alpha value is -3.67. The van der Waals surface area contributed by atoms with E-state index in [9.17, 15) is 9.59 Å². The number of anilines is 2. The molecule has 3 aromatic rings. The van der Waals surface area contributed by atoms with Crippen LogP contribution in [-0.2, 0) is 6.42 Å². The molecule has 2 N–H and O–H groups in total. The number of aromatic nitrogens is 1. The number of methoxy groups -OCH3 is 1. The molecule has 0 saturated carbocycles. The van der Waals surface area contributed by atoms with Gasteiger partial charge in [0, 0.05) is 24.0 Å². The Morgan fingerprint density at radius 1 is 0.966 bits per heavy atom. The molecule has 0 unspecified atom stereocenters. The van der Waals surface area contributed by atoms with Gasteiger partial charge in [0.15, 0.2) is 5.78 Å². The monoisotopic (exact) mass is 389 g/mol. The summed E-state index contributed by atoms with van der Waals surface area (Å²) in [6.45, 7) is 2.03. The molecule has 0 bridgehead atoms. The predicted octanol–water partition coefficient (Wildman–Crippen LogP) is 4.01. The Morgan fingerprint density at radius 3 is 2.34 bits per heavy atom. The molecular weight excluding hydrogens is 366 g/mol. The lowest BCUT2D eigenvalue weighted by Gasteiger charge is -2.10. The summed E-state index contributed by atoms with van der Waals surface area (Å²) in [5.41, 5.74) is 3.01. The standard InChI is InChI=1S/C23H23N3O3/c1-16(27)17-7-10-20(11-8-17)26-22-12-9-19(15-25-22)23(28)24-14-13-18-5-3-4-6-21(18)29-2/h3-12,15H,13-14H2,1-2H3,(H,24,28)(H,25,26). The molecule has 3 rings (SSSR count). The maximum Gasteiger partial charge on any atom is 0.252 e. The highest BCUT2D eigenvalue weighted by Gasteiger charge is 2.08. The highest BCUT2D eigenvalue weighted by Crippen LogP contribution is 2.18. The average Bonchev–Trinajstić information content (AvgIpc) is 2.75.